The fraction of sp³-hybridized carbons (Fsp3) is 0.556. The minimum Gasteiger partial charge on any atom is -0.306 e. The van der Waals surface area contributed by atoms with Crippen molar-refractivity contribution in [3.05, 3.63) is 39.6 Å². The monoisotopic (exact) mass is 383 g/mol. The maximum atomic E-state index is 6.09. The normalized spacial score (nSPS) is 15.8. The Bertz CT molecular complexity index is 681. The van der Waals surface area contributed by atoms with E-state index in [4.69, 9.17) is 23.2 Å². The van der Waals surface area contributed by atoms with Gasteiger partial charge >= 0.3 is 0 Å². The number of nitrogens with zero attached hydrogens (tertiary/aromatic N) is 3. The van der Waals surface area contributed by atoms with Gasteiger partial charge in [0.1, 0.15) is 5.82 Å². The summed E-state index contributed by atoms with van der Waals surface area (Å²) >= 11 is 13.8. The number of hydrogen-bond donors (Lipinski definition) is 0. The zero-order valence-corrected chi connectivity index (χ0v) is 16.3. The highest BCUT2D eigenvalue weighted by atomic mass is 35.5. The van der Waals surface area contributed by atoms with Gasteiger partial charge in [0, 0.05) is 18.7 Å². The number of thioether (sulfide) groups is 1. The highest BCUT2D eigenvalue weighted by molar-refractivity contribution is 7.98. The molecule has 0 atom stereocenters. The smallest absolute Gasteiger partial charge is 0.191 e. The van der Waals surface area contributed by atoms with Crippen molar-refractivity contribution in [3.63, 3.8) is 0 Å². The number of halogens is 2. The van der Waals surface area contributed by atoms with Gasteiger partial charge in [0.05, 0.1) is 10.0 Å². The molecular formula is C18H23Cl2N3S. The molecule has 0 N–H and O–H groups in total. The second kappa shape index (κ2) is 8.59. The molecule has 1 aromatic carbocycles. The summed E-state index contributed by atoms with van der Waals surface area (Å²) < 4.78 is 2.26. The third kappa shape index (κ3) is 4.47. The van der Waals surface area contributed by atoms with Gasteiger partial charge in [-0.3, -0.25) is 0 Å². The summed E-state index contributed by atoms with van der Waals surface area (Å²) in [6.07, 6.45) is 7.86. The minimum atomic E-state index is 0.594. The maximum absolute atomic E-state index is 6.09. The van der Waals surface area contributed by atoms with Crippen LogP contribution in [0.2, 0.25) is 10.0 Å². The van der Waals surface area contributed by atoms with Crippen molar-refractivity contribution < 1.29 is 0 Å². The van der Waals surface area contributed by atoms with Gasteiger partial charge in [-0.1, -0.05) is 73.1 Å². The second-order valence-electron chi connectivity index (χ2n) is 6.39. The molecule has 0 saturated heterocycles. The Labute approximate surface area is 158 Å². The van der Waals surface area contributed by atoms with Gasteiger partial charge in [0.2, 0.25) is 0 Å². The molecule has 1 aliphatic carbocycles. The van der Waals surface area contributed by atoms with Crippen molar-refractivity contribution in [1.29, 1.82) is 0 Å². The van der Waals surface area contributed by atoms with Crippen LogP contribution in [0.15, 0.2) is 23.4 Å². The molecule has 0 unspecified atom stereocenters. The first-order chi connectivity index (χ1) is 11.7. The molecule has 1 heterocycles. The van der Waals surface area contributed by atoms with Gasteiger partial charge in [-0.05, 0) is 30.5 Å². The molecule has 3 rings (SSSR count). The molecule has 0 radical (unpaired) electrons. The van der Waals surface area contributed by atoms with Crippen molar-refractivity contribution in [3.8, 4) is 0 Å². The van der Waals surface area contributed by atoms with E-state index in [9.17, 15) is 0 Å². The first-order valence-electron chi connectivity index (χ1n) is 8.66. The van der Waals surface area contributed by atoms with E-state index in [1.807, 2.05) is 18.2 Å². The van der Waals surface area contributed by atoms with Crippen LogP contribution in [-0.4, -0.2) is 14.8 Å². The lowest BCUT2D eigenvalue weighted by molar-refractivity contribution is 0.347. The minimum absolute atomic E-state index is 0.594. The highest BCUT2D eigenvalue weighted by Gasteiger charge is 2.19. The van der Waals surface area contributed by atoms with Crippen LogP contribution < -0.4 is 0 Å². The lowest BCUT2D eigenvalue weighted by Crippen LogP contribution is -2.13. The van der Waals surface area contributed by atoms with Crippen LogP contribution in [-0.2, 0) is 18.7 Å². The predicted molar refractivity (Wildman–Crippen MR) is 102 cm³/mol. The summed E-state index contributed by atoms with van der Waals surface area (Å²) in [4.78, 5) is 0. The summed E-state index contributed by atoms with van der Waals surface area (Å²) in [5, 5.41) is 11.1. The van der Waals surface area contributed by atoms with E-state index in [1.54, 1.807) is 11.8 Å². The van der Waals surface area contributed by atoms with Crippen LogP contribution in [0.3, 0.4) is 0 Å². The third-order valence-electron chi connectivity index (χ3n) is 4.66. The lowest BCUT2D eigenvalue weighted by atomic mass is 9.87. The van der Waals surface area contributed by atoms with Crippen molar-refractivity contribution >= 4 is 35.0 Å². The number of hydrogen-bond acceptors (Lipinski definition) is 3. The van der Waals surface area contributed by atoms with Crippen LogP contribution in [0.5, 0.6) is 0 Å². The van der Waals surface area contributed by atoms with Gasteiger partial charge in [0.15, 0.2) is 5.16 Å². The Morgan fingerprint density at radius 3 is 2.62 bits per heavy atom. The molecule has 6 heteroatoms. The molecule has 24 heavy (non-hydrogen) atoms. The van der Waals surface area contributed by atoms with Gasteiger partial charge in [-0.2, -0.15) is 0 Å². The topological polar surface area (TPSA) is 30.7 Å². The Hall–Kier alpha value is -0.710. The molecule has 1 aromatic heterocycles. The molecular weight excluding hydrogens is 361 g/mol. The van der Waals surface area contributed by atoms with Crippen molar-refractivity contribution in [2.45, 2.75) is 62.9 Å². The van der Waals surface area contributed by atoms with Crippen molar-refractivity contribution in [1.82, 2.24) is 14.8 Å². The van der Waals surface area contributed by atoms with Crippen LogP contribution in [0, 0.1) is 5.92 Å². The standard InChI is InChI=1S/C18H23Cl2N3S/c1-2-23-17(11-13-6-4-3-5-7-13)21-22-18(23)24-12-14-8-9-15(19)16(20)10-14/h8-10,13H,2-7,11-12H2,1H3. The Kier molecular flexibility index (Phi) is 6.48. The molecule has 1 saturated carbocycles. The molecule has 0 aliphatic heterocycles. The molecule has 130 valence electrons. The summed E-state index contributed by atoms with van der Waals surface area (Å²) in [5.74, 6) is 2.74. The third-order valence-corrected chi connectivity index (χ3v) is 6.43. The van der Waals surface area contributed by atoms with Crippen molar-refractivity contribution in [2.24, 2.45) is 5.92 Å². The number of benzene rings is 1. The van der Waals surface area contributed by atoms with E-state index in [1.165, 1.54) is 32.1 Å². The molecule has 2 aromatic rings. The highest BCUT2D eigenvalue weighted by Crippen LogP contribution is 2.29. The van der Waals surface area contributed by atoms with Crippen LogP contribution in [0.25, 0.3) is 0 Å². The van der Waals surface area contributed by atoms with Crippen LogP contribution in [0.4, 0.5) is 0 Å². The summed E-state index contributed by atoms with van der Waals surface area (Å²) in [6.45, 7) is 3.08. The van der Waals surface area contributed by atoms with Crippen molar-refractivity contribution in [2.75, 3.05) is 0 Å². The zero-order chi connectivity index (χ0) is 16.9. The van der Waals surface area contributed by atoms with E-state index in [0.29, 0.717) is 10.0 Å². The Morgan fingerprint density at radius 1 is 1.12 bits per heavy atom. The molecule has 0 bridgehead atoms. The average Bonchev–Trinajstić information content (AvgIpc) is 2.98. The number of aromatic nitrogens is 3. The van der Waals surface area contributed by atoms with E-state index in [0.717, 1.165) is 41.2 Å². The van der Waals surface area contributed by atoms with Gasteiger partial charge in [-0.15, -0.1) is 10.2 Å². The van der Waals surface area contributed by atoms with E-state index < -0.39 is 0 Å². The van der Waals surface area contributed by atoms with Crippen LogP contribution in [0.1, 0.15) is 50.4 Å². The molecule has 0 amide bonds. The van der Waals surface area contributed by atoms with E-state index in [-0.39, 0.29) is 0 Å². The first-order valence-corrected chi connectivity index (χ1v) is 10.4. The number of rotatable bonds is 6. The maximum Gasteiger partial charge on any atom is 0.191 e. The second-order valence-corrected chi connectivity index (χ2v) is 8.15. The lowest BCUT2D eigenvalue weighted by Gasteiger charge is -2.21. The fourth-order valence-corrected chi connectivity index (χ4v) is 4.61. The molecule has 3 nitrogen and oxygen atoms in total. The zero-order valence-electron chi connectivity index (χ0n) is 14.0. The summed E-state index contributed by atoms with van der Waals surface area (Å²) in [6, 6.07) is 5.78. The molecule has 1 fully saturated rings. The van der Waals surface area contributed by atoms with Gasteiger partial charge in [0.25, 0.3) is 0 Å². The Morgan fingerprint density at radius 2 is 1.92 bits per heavy atom. The van der Waals surface area contributed by atoms with E-state index >= 15 is 0 Å². The molecule has 1 aliphatic rings. The SMILES string of the molecule is CCn1c(CC2CCCCC2)nnc1SCc1ccc(Cl)c(Cl)c1. The first kappa shape index (κ1) is 18.1. The predicted octanol–water partition coefficient (Wildman–Crippen LogP) is 6.02. The summed E-state index contributed by atoms with van der Waals surface area (Å²) in [5.41, 5.74) is 1.15. The summed E-state index contributed by atoms with van der Waals surface area (Å²) in [7, 11) is 0. The van der Waals surface area contributed by atoms with Crippen LogP contribution >= 0.6 is 35.0 Å². The Balaban J connectivity index is 1.65. The quantitative estimate of drug-likeness (QED) is 0.571. The molecule has 0 spiro atoms. The average molecular weight is 384 g/mol. The van der Waals surface area contributed by atoms with Gasteiger partial charge in [-0.25, -0.2) is 0 Å². The largest absolute Gasteiger partial charge is 0.306 e. The fourth-order valence-electron chi connectivity index (χ4n) is 3.32. The van der Waals surface area contributed by atoms with E-state index in [2.05, 4.69) is 21.7 Å². The van der Waals surface area contributed by atoms with Gasteiger partial charge < -0.3 is 4.57 Å².